The summed E-state index contributed by atoms with van der Waals surface area (Å²) in [4.78, 5) is 30.5. The van der Waals surface area contributed by atoms with Crippen LogP contribution >= 0.6 is 11.8 Å². The lowest BCUT2D eigenvalue weighted by molar-refractivity contribution is 0.0933. The first-order valence-electron chi connectivity index (χ1n) is 8.24. The van der Waals surface area contributed by atoms with Gasteiger partial charge in [0.05, 0.1) is 6.04 Å². The third-order valence-corrected chi connectivity index (χ3v) is 5.53. The lowest BCUT2D eigenvalue weighted by Gasteiger charge is -2.25. The molecule has 1 aliphatic heterocycles. The summed E-state index contributed by atoms with van der Waals surface area (Å²) < 4.78 is 15.0. The summed E-state index contributed by atoms with van der Waals surface area (Å²) in [5, 5.41) is 2.87. The van der Waals surface area contributed by atoms with E-state index in [-0.39, 0.29) is 17.4 Å². The maximum atomic E-state index is 13.6. The molecule has 1 unspecified atom stereocenters. The summed E-state index contributed by atoms with van der Waals surface area (Å²) in [6.45, 7) is 1.86. The third-order valence-electron chi connectivity index (χ3n) is 4.41. The van der Waals surface area contributed by atoms with Crippen molar-refractivity contribution >= 4 is 23.3 Å². The van der Waals surface area contributed by atoms with E-state index in [0.717, 1.165) is 21.8 Å². The van der Waals surface area contributed by atoms with Gasteiger partial charge in [0, 0.05) is 23.0 Å². The van der Waals surface area contributed by atoms with Crippen molar-refractivity contribution < 1.29 is 9.18 Å². The molecule has 3 aromatic rings. The average molecular weight is 369 g/mol. The molecule has 7 heteroatoms. The van der Waals surface area contributed by atoms with Crippen LogP contribution in [0.1, 0.15) is 33.9 Å². The van der Waals surface area contributed by atoms with Gasteiger partial charge in [-0.15, -0.1) is 11.8 Å². The van der Waals surface area contributed by atoms with Crippen LogP contribution in [0.25, 0.3) is 5.65 Å². The maximum Gasteiger partial charge on any atom is 0.270 e. The zero-order valence-electron chi connectivity index (χ0n) is 14.0. The molecule has 0 saturated carbocycles. The Balaban J connectivity index is 1.68. The second-order valence-corrected chi connectivity index (χ2v) is 7.39. The molecule has 2 aromatic heterocycles. The quantitative estimate of drug-likeness (QED) is 0.754. The van der Waals surface area contributed by atoms with E-state index < -0.39 is 11.5 Å². The Morgan fingerprint density at radius 2 is 2.19 bits per heavy atom. The Morgan fingerprint density at radius 1 is 1.35 bits per heavy atom. The van der Waals surface area contributed by atoms with Crippen LogP contribution < -0.4 is 10.9 Å². The van der Waals surface area contributed by atoms with E-state index in [2.05, 4.69) is 10.3 Å². The normalized spacial score (nSPS) is 16.3. The van der Waals surface area contributed by atoms with Crippen molar-refractivity contribution in [3.8, 4) is 0 Å². The lowest BCUT2D eigenvalue weighted by Crippen LogP contribution is -2.35. The smallest absolute Gasteiger partial charge is 0.270 e. The summed E-state index contributed by atoms with van der Waals surface area (Å²) in [7, 11) is 0. The number of carbonyl (C=O) groups excluding carboxylic acids is 1. The number of hydrogen-bond donors (Lipinski definition) is 1. The number of fused-ring (bicyclic) bond motifs is 2. The van der Waals surface area contributed by atoms with Crippen LogP contribution in [0, 0.1) is 12.7 Å². The van der Waals surface area contributed by atoms with Crippen LogP contribution in [-0.4, -0.2) is 21.0 Å². The van der Waals surface area contributed by atoms with Crippen molar-refractivity contribution in [1.29, 1.82) is 0 Å². The summed E-state index contributed by atoms with van der Waals surface area (Å²) in [6.07, 6.45) is 3.63. The minimum absolute atomic E-state index is 0.0238. The van der Waals surface area contributed by atoms with Gasteiger partial charge in [0.25, 0.3) is 11.5 Å². The summed E-state index contributed by atoms with van der Waals surface area (Å²) in [5.41, 5.74) is 1.69. The molecule has 1 amide bonds. The fraction of sp³-hybridized carbons (Fsp3) is 0.211. The molecule has 5 nitrogen and oxygen atoms in total. The first kappa shape index (κ1) is 16.8. The molecule has 0 fully saturated rings. The highest BCUT2D eigenvalue weighted by Gasteiger charge is 2.24. The molecule has 1 aromatic carbocycles. The molecule has 0 saturated heterocycles. The Morgan fingerprint density at radius 3 is 3.04 bits per heavy atom. The Bertz CT molecular complexity index is 1080. The number of aromatic nitrogens is 2. The molecular formula is C19H16FN3O2S. The number of amides is 1. The van der Waals surface area contributed by atoms with Gasteiger partial charge in [-0.3, -0.25) is 14.0 Å². The van der Waals surface area contributed by atoms with Crippen molar-refractivity contribution in [1.82, 2.24) is 14.7 Å². The molecule has 0 spiro atoms. The highest BCUT2D eigenvalue weighted by atomic mass is 32.2. The van der Waals surface area contributed by atoms with Crippen molar-refractivity contribution in [2.45, 2.75) is 24.3 Å². The SMILES string of the molecule is Cc1ccc2ncc(C(=O)NC3CCSc4ccc(F)cc43)c(=O)n2c1. The second-order valence-electron chi connectivity index (χ2n) is 6.26. The molecule has 1 N–H and O–H groups in total. The molecule has 26 heavy (non-hydrogen) atoms. The number of aryl methyl sites for hydroxylation is 1. The molecule has 4 rings (SSSR count). The van der Waals surface area contributed by atoms with Crippen LogP contribution in [-0.2, 0) is 0 Å². The number of nitrogens with one attached hydrogen (secondary N) is 1. The van der Waals surface area contributed by atoms with Crippen molar-refractivity contribution in [2.75, 3.05) is 5.75 Å². The van der Waals surface area contributed by atoms with Crippen LogP contribution in [0.4, 0.5) is 4.39 Å². The molecule has 3 heterocycles. The highest BCUT2D eigenvalue weighted by Crippen LogP contribution is 2.36. The van der Waals surface area contributed by atoms with E-state index >= 15 is 0 Å². The highest BCUT2D eigenvalue weighted by molar-refractivity contribution is 7.99. The van der Waals surface area contributed by atoms with Gasteiger partial charge in [0.1, 0.15) is 17.0 Å². The molecule has 0 aliphatic carbocycles. The number of nitrogens with zero attached hydrogens (tertiary/aromatic N) is 2. The predicted molar refractivity (Wildman–Crippen MR) is 98.1 cm³/mol. The van der Waals surface area contributed by atoms with Crippen molar-refractivity contribution in [3.63, 3.8) is 0 Å². The molecule has 1 atom stereocenters. The van der Waals surface area contributed by atoms with Crippen molar-refractivity contribution in [3.05, 3.63) is 75.6 Å². The Kier molecular flexibility index (Phi) is 4.24. The third kappa shape index (κ3) is 2.99. The average Bonchev–Trinajstić information content (AvgIpc) is 2.63. The molecule has 0 bridgehead atoms. The monoisotopic (exact) mass is 369 g/mol. The fourth-order valence-corrected chi connectivity index (χ4v) is 4.20. The van der Waals surface area contributed by atoms with E-state index in [1.54, 1.807) is 30.1 Å². The zero-order chi connectivity index (χ0) is 18.3. The number of halogens is 1. The zero-order valence-corrected chi connectivity index (χ0v) is 14.8. The lowest BCUT2D eigenvalue weighted by atomic mass is 10.0. The van der Waals surface area contributed by atoms with E-state index in [9.17, 15) is 14.0 Å². The maximum absolute atomic E-state index is 13.6. The van der Waals surface area contributed by atoms with Crippen LogP contribution in [0.3, 0.4) is 0 Å². The Labute approximate surface area is 153 Å². The minimum atomic E-state index is -0.495. The number of carbonyl (C=O) groups is 1. The van der Waals surface area contributed by atoms with E-state index in [1.165, 1.54) is 22.7 Å². The van der Waals surface area contributed by atoms with Gasteiger partial charge in [0.2, 0.25) is 0 Å². The van der Waals surface area contributed by atoms with Gasteiger partial charge in [0.15, 0.2) is 0 Å². The van der Waals surface area contributed by atoms with Crippen LogP contribution in [0.2, 0.25) is 0 Å². The van der Waals surface area contributed by atoms with Gasteiger partial charge >= 0.3 is 0 Å². The number of thioether (sulfide) groups is 1. The summed E-state index contributed by atoms with van der Waals surface area (Å²) in [5.74, 6) is -0.0171. The van der Waals surface area contributed by atoms with Gasteiger partial charge in [-0.05, 0) is 48.7 Å². The number of pyridine rings is 1. The predicted octanol–water partition coefficient (Wildman–Crippen LogP) is 3.11. The van der Waals surface area contributed by atoms with E-state index in [4.69, 9.17) is 0 Å². The van der Waals surface area contributed by atoms with E-state index in [1.807, 2.05) is 13.0 Å². The van der Waals surface area contributed by atoms with E-state index in [0.29, 0.717) is 12.1 Å². The molecule has 132 valence electrons. The van der Waals surface area contributed by atoms with Gasteiger partial charge in [-0.25, -0.2) is 9.37 Å². The van der Waals surface area contributed by atoms with Crippen LogP contribution in [0.5, 0.6) is 0 Å². The topological polar surface area (TPSA) is 63.5 Å². The first-order chi connectivity index (χ1) is 12.5. The van der Waals surface area contributed by atoms with Gasteiger partial charge in [-0.1, -0.05) is 6.07 Å². The van der Waals surface area contributed by atoms with Crippen LogP contribution in [0.15, 0.2) is 52.4 Å². The molecular weight excluding hydrogens is 353 g/mol. The number of hydrogen-bond acceptors (Lipinski definition) is 4. The standard InChI is InChI=1S/C19H16FN3O2S/c1-11-2-5-17-21-9-14(19(25)23(17)10-11)18(24)22-15-6-7-26-16-4-3-12(20)8-13(15)16/h2-5,8-10,15H,6-7H2,1H3,(H,22,24). The van der Waals surface area contributed by atoms with Crippen molar-refractivity contribution in [2.24, 2.45) is 0 Å². The fourth-order valence-electron chi connectivity index (χ4n) is 3.09. The number of rotatable bonds is 2. The second kappa shape index (κ2) is 6.57. The minimum Gasteiger partial charge on any atom is -0.345 e. The van der Waals surface area contributed by atoms with Gasteiger partial charge in [-0.2, -0.15) is 0 Å². The molecule has 0 radical (unpaired) electrons. The molecule has 1 aliphatic rings. The largest absolute Gasteiger partial charge is 0.345 e. The summed E-state index contributed by atoms with van der Waals surface area (Å²) in [6, 6.07) is 7.84. The van der Waals surface area contributed by atoms with Gasteiger partial charge < -0.3 is 5.32 Å². The summed E-state index contributed by atoms with van der Waals surface area (Å²) >= 11 is 1.63. The number of benzene rings is 1. The Hall–Kier alpha value is -2.67. The first-order valence-corrected chi connectivity index (χ1v) is 9.22.